The van der Waals surface area contributed by atoms with E-state index in [-0.39, 0.29) is 10.8 Å². The highest BCUT2D eigenvalue weighted by molar-refractivity contribution is 7.92. The first-order valence-electron chi connectivity index (χ1n) is 9.54. The summed E-state index contributed by atoms with van der Waals surface area (Å²) < 4.78 is 27.8. The number of para-hydroxylation sites is 1. The molecule has 1 aliphatic heterocycles. The average molecular weight is 407 g/mol. The second kappa shape index (κ2) is 7.72. The number of hydrogen-bond acceptors (Lipinski definition) is 3. The van der Waals surface area contributed by atoms with Crippen LogP contribution in [0.25, 0.3) is 0 Å². The van der Waals surface area contributed by atoms with Crippen LogP contribution in [0.4, 0.5) is 11.4 Å². The number of benzene rings is 3. The van der Waals surface area contributed by atoms with Gasteiger partial charge in [0.05, 0.1) is 10.6 Å². The van der Waals surface area contributed by atoms with Crippen molar-refractivity contribution in [3.8, 4) is 0 Å². The smallest absolute Gasteiger partial charge is 0.264 e. The molecular formula is C23H22N2O3S. The predicted molar refractivity (Wildman–Crippen MR) is 115 cm³/mol. The monoisotopic (exact) mass is 406 g/mol. The third-order valence-electron chi connectivity index (χ3n) is 5.06. The van der Waals surface area contributed by atoms with Crippen molar-refractivity contribution in [3.63, 3.8) is 0 Å². The molecular weight excluding hydrogens is 384 g/mol. The van der Waals surface area contributed by atoms with E-state index in [0.29, 0.717) is 24.2 Å². The molecule has 3 aromatic rings. The first-order valence-corrected chi connectivity index (χ1v) is 11.0. The summed E-state index contributed by atoms with van der Waals surface area (Å²) in [6, 6.07) is 21.3. The number of rotatable bonds is 4. The van der Waals surface area contributed by atoms with E-state index >= 15 is 0 Å². The van der Waals surface area contributed by atoms with Gasteiger partial charge in [-0.25, -0.2) is 8.42 Å². The molecule has 1 aliphatic rings. The van der Waals surface area contributed by atoms with E-state index in [2.05, 4.69) is 5.32 Å². The van der Waals surface area contributed by atoms with Crippen LogP contribution in [0, 0.1) is 6.92 Å². The van der Waals surface area contributed by atoms with E-state index in [9.17, 15) is 13.2 Å². The maximum atomic E-state index is 13.2. The van der Waals surface area contributed by atoms with Crippen molar-refractivity contribution in [2.75, 3.05) is 16.2 Å². The first kappa shape index (κ1) is 19.2. The lowest BCUT2D eigenvalue weighted by atomic mass is 10.0. The van der Waals surface area contributed by atoms with E-state index in [0.717, 1.165) is 23.2 Å². The number of nitrogens with one attached hydrogen (secondary N) is 1. The topological polar surface area (TPSA) is 66.5 Å². The molecule has 1 amide bonds. The Morgan fingerprint density at radius 2 is 1.69 bits per heavy atom. The molecule has 0 bridgehead atoms. The zero-order valence-corrected chi connectivity index (χ0v) is 16.9. The lowest BCUT2D eigenvalue weighted by molar-refractivity contribution is 0.102. The zero-order chi connectivity index (χ0) is 20.4. The number of sulfonamides is 1. The summed E-state index contributed by atoms with van der Waals surface area (Å²) in [6.07, 6.45) is 1.45. The molecule has 6 heteroatoms. The van der Waals surface area contributed by atoms with Crippen molar-refractivity contribution in [2.24, 2.45) is 0 Å². The van der Waals surface area contributed by atoms with Gasteiger partial charge in [-0.15, -0.1) is 0 Å². The molecule has 29 heavy (non-hydrogen) atoms. The van der Waals surface area contributed by atoms with Crippen LogP contribution < -0.4 is 9.62 Å². The Balaban J connectivity index is 1.63. The number of carbonyl (C=O) groups is 1. The Morgan fingerprint density at radius 1 is 0.966 bits per heavy atom. The van der Waals surface area contributed by atoms with Gasteiger partial charge < -0.3 is 5.32 Å². The minimum atomic E-state index is -3.64. The second-order valence-corrected chi connectivity index (χ2v) is 9.02. The molecule has 1 N–H and O–H groups in total. The number of amides is 1. The van der Waals surface area contributed by atoms with Crippen molar-refractivity contribution in [2.45, 2.75) is 24.7 Å². The molecule has 4 rings (SSSR count). The summed E-state index contributed by atoms with van der Waals surface area (Å²) in [7, 11) is -3.64. The van der Waals surface area contributed by atoms with E-state index in [4.69, 9.17) is 0 Å². The van der Waals surface area contributed by atoms with Gasteiger partial charge in [-0.05, 0) is 67.8 Å². The second-order valence-electron chi connectivity index (χ2n) is 7.16. The summed E-state index contributed by atoms with van der Waals surface area (Å²) >= 11 is 0. The Hall–Kier alpha value is -3.12. The molecule has 0 atom stereocenters. The van der Waals surface area contributed by atoms with Gasteiger partial charge in [0.2, 0.25) is 0 Å². The number of hydrogen-bond donors (Lipinski definition) is 1. The third kappa shape index (κ3) is 3.89. The van der Waals surface area contributed by atoms with Gasteiger partial charge in [-0.2, -0.15) is 0 Å². The maximum Gasteiger partial charge on any atom is 0.264 e. The molecule has 0 aromatic heterocycles. The van der Waals surface area contributed by atoms with Crippen LogP contribution in [-0.2, 0) is 16.4 Å². The quantitative estimate of drug-likeness (QED) is 0.699. The van der Waals surface area contributed by atoms with Crippen molar-refractivity contribution >= 4 is 27.3 Å². The van der Waals surface area contributed by atoms with Crippen LogP contribution in [-0.4, -0.2) is 20.9 Å². The predicted octanol–water partition coefficient (Wildman–Crippen LogP) is 4.39. The first-order chi connectivity index (χ1) is 13.9. The van der Waals surface area contributed by atoms with Crippen molar-refractivity contribution in [1.29, 1.82) is 0 Å². The standard InChI is InChI=1S/C23H22N2O3S/c1-17-9-12-21(13-10-17)29(27,28)25-15-5-6-18-16-19(11-14-22(18)25)23(26)24-20-7-3-2-4-8-20/h2-4,7-14,16H,5-6,15H2,1H3,(H,24,26). The van der Waals surface area contributed by atoms with Crippen LogP contribution in [0.3, 0.4) is 0 Å². The molecule has 148 valence electrons. The Bertz CT molecular complexity index is 1140. The van der Waals surface area contributed by atoms with Crippen LogP contribution in [0.1, 0.15) is 27.9 Å². The van der Waals surface area contributed by atoms with Gasteiger partial charge in [0, 0.05) is 17.8 Å². The van der Waals surface area contributed by atoms with Crippen LogP contribution in [0.2, 0.25) is 0 Å². The molecule has 1 heterocycles. The Labute approximate surface area is 171 Å². The molecule has 0 fully saturated rings. The lowest BCUT2D eigenvalue weighted by Crippen LogP contribution is -2.35. The van der Waals surface area contributed by atoms with Crippen LogP contribution in [0.15, 0.2) is 77.7 Å². The van der Waals surface area contributed by atoms with E-state index in [1.807, 2.05) is 37.3 Å². The molecule has 0 radical (unpaired) electrons. The fourth-order valence-electron chi connectivity index (χ4n) is 3.52. The molecule has 0 saturated heterocycles. The highest BCUT2D eigenvalue weighted by Crippen LogP contribution is 2.33. The summed E-state index contributed by atoms with van der Waals surface area (Å²) in [6.45, 7) is 2.35. The summed E-state index contributed by atoms with van der Waals surface area (Å²) in [5, 5.41) is 2.87. The van der Waals surface area contributed by atoms with E-state index in [1.54, 1.807) is 42.5 Å². The molecule has 3 aromatic carbocycles. The van der Waals surface area contributed by atoms with Gasteiger partial charge >= 0.3 is 0 Å². The minimum Gasteiger partial charge on any atom is -0.322 e. The lowest BCUT2D eigenvalue weighted by Gasteiger charge is -2.30. The number of nitrogens with zero attached hydrogens (tertiary/aromatic N) is 1. The molecule has 0 saturated carbocycles. The molecule has 0 unspecified atom stereocenters. The van der Waals surface area contributed by atoms with Crippen LogP contribution >= 0.6 is 0 Å². The van der Waals surface area contributed by atoms with Gasteiger partial charge in [-0.3, -0.25) is 9.10 Å². The molecule has 5 nitrogen and oxygen atoms in total. The van der Waals surface area contributed by atoms with Crippen molar-refractivity contribution in [1.82, 2.24) is 0 Å². The van der Waals surface area contributed by atoms with E-state index in [1.165, 1.54) is 4.31 Å². The minimum absolute atomic E-state index is 0.211. The summed E-state index contributed by atoms with van der Waals surface area (Å²) in [5.41, 5.74) is 3.76. The molecule has 0 spiro atoms. The fourth-order valence-corrected chi connectivity index (χ4v) is 5.06. The average Bonchev–Trinajstić information content (AvgIpc) is 2.74. The van der Waals surface area contributed by atoms with Gasteiger partial charge in [-0.1, -0.05) is 35.9 Å². The maximum absolute atomic E-state index is 13.2. The summed E-state index contributed by atoms with van der Waals surface area (Å²) in [4.78, 5) is 12.9. The fraction of sp³-hybridized carbons (Fsp3) is 0.174. The molecule has 0 aliphatic carbocycles. The van der Waals surface area contributed by atoms with E-state index < -0.39 is 10.0 Å². The SMILES string of the molecule is Cc1ccc(S(=O)(=O)N2CCCc3cc(C(=O)Nc4ccccc4)ccc32)cc1. The highest BCUT2D eigenvalue weighted by atomic mass is 32.2. The van der Waals surface area contributed by atoms with Crippen molar-refractivity contribution in [3.05, 3.63) is 89.5 Å². The van der Waals surface area contributed by atoms with Gasteiger partial charge in [0.15, 0.2) is 0 Å². The summed E-state index contributed by atoms with van der Waals surface area (Å²) in [5.74, 6) is -0.211. The van der Waals surface area contributed by atoms with Gasteiger partial charge in [0.1, 0.15) is 0 Å². The normalized spacial score (nSPS) is 13.6. The Kier molecular flexibility index (Phi) is 5.11. The Morgan fingerprint density at radius 3 is 2.41 bits per heavy atom. The number of aryl methyl sites for hydroxylation is 2. The van der Waals surface area contributed by atoms with Gasteiger partial charge in [0.25, 0.3) is 15.9 Å². The largest absolute Gasteiger partial charge is 0.322 e. The number of fused-ring (bicyclic) bond motifs is 1. The highest BCUT2D eigenvalue weighted by Gasteiger charge is 2.29. The third-order valence-corrected chi connectivity index (χ3v) is 6.89. The number of anilines is 2. The zero-order valence-electron chi connectivity index (χ0n) is 16.1. The number of carbonyl (C=O) groups excluding carboxylic acids is 1. The van der Waals surface area contributed by atoms with Crippen LogP contribution in [0.5, 0.6) is 0 Å². The van der Waals surface area contributed by atoms with Crippen molar-refractivity contribution < 1.29 is 13.2 Å².